The van der Waals surface area contributed by atoms with Gasteiger partial charge in [-0.25, -0.2) is 4.79 Å². The molecule has 0 rings (SSSR count). The predicted octanol–water partition coefficient (Wildman–Crippen LogP) is 1.79. The summed E-state index contributed by atoms with van der Waals surface area (Å²) >= 11 is 0. The van der Waals surface area contributed by atoms with E-state index in [1.165, 1.54) is 13.3 Å². The van der Waals surface area contributed by atoms with Crippen LogP contribution in [0, 0.1) is 0 Å². The van der Waals surface area contributed by atoms with Gasteiger partial charge in [-0.15, -0.1) is 0 Å². The number of nitrogens with zero attached hydrogens (tertiary/aromatic N) is 1. The smallest absolute Gasteiger partial charge is 0.352 e. The molecule has 64 valence electrons. The molecule has 0 aromatic heterocycles. The summed E-state index contributed by atoms with van der Waals surface area (Å²) in [6.07, 6.45) is 1.30. The molecule has 0 fully saturated rings. The molecule has 0 aromatic carbocycles. The van der Waals surface area contributed by atoms with Crippen molar-refractivity contribution in [3.8, 4) is 0 Å². The number of esters is 1. The van der Waals surface area contributed by atoms with E-state index in [0.29, 0.717) is 5.71 Å². The Kier molecular flexibility index (Phi) is 10.1. The van der Waals surface area contributed by atoms with Gasteiger partial charge in [0.05, 0.1) is 7.11 Å². The van der Waals surface area contributed by atoms with E-state index in [1.807, 2.05) is 13.8 Å². The van der Waals surface area contributed by atoms with Crippen molar-refractivity contribution in [2.75, 3.05) is 7.11 Å². The van der Waals surface area contributed by atoms with Crippen molar-refractivity contribution < 1.29 is 9.53 Å². The zero-order valence-corrected chi connectivity index (χ0v) is 7.55. The molecule has 0 bridgehead atoms. The molecule has 0 spiro atoms. The molecule has 11 heavy (non-hydrogen) atoms. The molecule has 0 radical (unpaired) electrons. The molecule has 0 unspecified atom stereocenters. The summed E-state index contributed by atoms with van der Waals surface area (Å²) in [6.45, 7) is 8.89. The Morgan fingerprint density at radius 2 is 2.00 bits per heavy atom. The lowest BCUT2D eigenvalue weighted by atomic mass is 10.4. The molecule has 3 nitrogen and oxygen atoms in total. The molecule has 0 saturated carbocycles. The lowest BCUT2D eigenvalue weighted by molar-refractivity contribution is -0.132. The Hall–Kier alpha value is -1.12. The van der Waals surface area contributed by atoms with Gasteiger partial charge >= 0.3 is 5.97 Å². The molecule has 3 heteroatoms. The third kappa shape index (κ3) is 6.77. The molecule has 0 N–H and O–H groups in total. The SMILES string of the molecule is C=CN=C(C)C(=O)OC.CC. The standard InChI is InChI=1S/C6H9NO2.C2H6/c1-4-7-5(2)6(8)9-3;1-2/h4H,1H2,2-3H3;1-2H3. The van der Waals surface area contributed by atoms with Crippen molar-refractivity contribution in [1.82, 2.24) is 0 Å². The maximum absolute atomic E-state index is 10.5. The molecule has 0 aliphatic carbocycles. The summed E-state index contributed by atoms with van der Waals surface area (Å²) in [5, 5.41) is 0. The van der Waals surface area contributed by atoms with E-state index < -0.39 is 5.97 Å². The van der Waals surface area contributed by atoms with Crippen molar-refractivity contribution in [1.29, 1.82) is 0 Å². The topological polar surface area (TPSA) is 38.7 Å². The lowest BCUT2D eigenvalue weighted by Crippen LogP contribution is -2.10. The Balaban J connectivity index is 0. The average molecular weight is 157 g/mol. The van der Waals surface area contributed by atoms with E-state index in [1.54, 1.807) is 6.92 Å². The van der Waals surface area contributed by atoms with Gasteiger partial charge in [-0.2, -0.15) is 0 Å². The fourth-order valence-corrected chi connectivity index (χ4v) is 0.337. The van der Waals surface area contributed by atoms with E-state index in [2.05, 4.69) is 16.3 Å². The number of hydrogen-bond donors (Lipinski definition) is 0. The van der Waals surface area contributed by atoms with Gasteiger partial charge in [0.15, 0.2) is 0 Å². The minimum absolute atomic E-state index is 0.313. The minimum Gasteiger partial charge on any atom is -0.465 e. The zero-order valence-electron chi connectivity index (χ0n) is 7.55. The first-order chi connectivity index (χ1) is 5.22. The Morgan fingerprint density at radius 3 is 2.27 bits per heavy atom. The fourth-order valence-electron chi connectivity index (χ4n) is 0.337. The van der Waals surface area contributed by atoms with Crippen LogP contribution in [-0.2, 0) is 9.53 Å². The van der Waals surface area contributed by atoms with Gasteiger partial charge in [-0.1, -0.05) is 20.4 Å². The van der Waals surface area contributed by atoms with Crippen LogP contribution in [0.25, 0.3) is 0 Å². The zero-order chi connectivity index (χ0) is 9.28. The summed E-state index contributed by atoms with van der Waals surface area (Å²) in [5.41, 5.74) is 0.313. The van der Waals surface area contributed by atoms with E-state index >= 15 is 0 Å². The summed E-state index contributed by atoms with van der Waals surface area (Å²) in [5.74, 6) is -0.421. The Bertz CT molecular complexity index is 150. The number of hydrogen-bond acceptors (Lipinski definition) is 3. The van der Waals surface area contributed by atoms with E-state index in [-0.39, 0.29) is 0 Å². The van der Waals surface area contributed by atoms with Crippen LogP contribution in [0.5, 0.6) is 0 Å². The van der Waals surface area contributed by atoms with Crippen molar-refractivity contribution >= 4 is 11.7 Å². The van der Waals surface area contributed by atoms with Crippen molar-refractivity contribution in [2.24, 2.45) is 4.99 Å². The molecule has 0 aliphatic heterocycles. The summed E-state index contributed by atoms with van der Waals surface area (Å²) in [4.78, 5) is 14.1. The van der Waals surface area contributed by atoms with Crippen molar-refractivity contribution in [2.45, 2.75) is 20.8 Å². The highest BCUT2D eigenvalue weighted by Gasteiger charge is 2.01. The average Bonchev–Trinajstić information content (AvgIpc) is 2.07. The van der Waals surface area contributed by atoms with Crippen molar-refractivity contribution in [3.63, 3.8) is 0 Å². The largest absolute Gasteiger partial charge is 0.465 e. The van der Waals surface area contributed by atoms with Crippen LogP contribution in [0.3, 0.4) is 0 Å². The maximum Gasteiger partial charge on any atom is 0.352 e. The molecule has 0 aromatic rings. The van der Waals surface area contributed by atoms with Crippen molar-refractivity contribution in [3.05, 3.63) is 12.8 Å². The van der Waals surface area contributed by atoms with Gasteiger partial charge in [0.1, 0.15) is 5.71 Å². The van der Waals surface area contributed by atoms with Gasteiger partial charge < -0.3 is 4.74 Å². The first kappa shape index (κ1) is 12.5. The minimum atomic E-state index is -0.421. The van der Waals surface area contributed by atoms with E-state index in [9.17, 15) is 4.79 Å². The molecule has 0 aliphatic rings. The summed E-state index contributed by atoms with van der Waals surface area (Å²) < 4.78 is 4.35. The van der Waals surface area contributed by atoms with Gasteiger partial charge in [0, 0.05) is 6.20 Å². The third-order valence-corrected chi connectivity index (χ3v) is 0.766. The van der Waals surface area contributed by atoms with Crippen LogP contribution < -0.4 is 0 Å². The van der Waals surface area contributed by atoms with Crippen LogP contribution in [-0.4, -0.2) is 18.8 Å². The van der Waals surface area contributed by atoms with Gasteiger partial charge in [0.25, 0.3) is 0 Å². The van der Waals surface area contributed by atoms with E-state index in [0.717, 1.165) is 0 Å². The maximum atomic E-state index is 10.5. The molecule has 0 saturated heterocycles. The predicted molar refractivity (Wildman–Crippen MR) is 46.7 cm³/mol. The second-order valence-corrected chi connectivity index (χ2v) is 1.39. The number of ether oxygens (including phenoxy) is 1. The molecule has 0 heterocycles. The number of rotatable bonds is 2. The molecular weight excluding hydrogens is 142 g/mol. The number of aliphatic imine (C=N–C) groups is 1. The third-order valence-electron chi connectivity index (χ3n) is 0.766. The van der Waals surface area contributed by atoms with Crippen LogP contribution in [0.2, 0.25) is 0 Å². The summed E-state index contributed by atoms with van der Waals surface area (Å²) in [6, 6.07) is 0. The van der Waals surface area contributed by atoms with Crippen LogP contribution >= 0.6 is 0 Å². The second-order valence-electron chi connectivity index (χ2n) is 1.39. The number of methoxy groups -OCH3 is 1. The van der Waals surface area contributed by atoms with Crippen LogP contribution in [0.4, 0.5) is 0 Å². The second kappa shape index (κ2) is 8.88. The normalized spacial score (nSPS) is 9.27. The quantitative estimate of drug-likeness (QED) is 0.452. The molecule has 0 atom stereocenters. The van der Waals surface area contributed by atoms with Gasteiger partial charge in [0.2, 0.25) is 0 Å². The molecule has 0 amide bonds. The highest BCUT2D eigenvalue weighted by molar-refractivity contribution is 6.35. The Morgan fingerprint density at radius 1 is 1.55 bits per heavy atom. The Labute approximate surface area is 67.8 Å². The lowest BCUT2D eigenvalue weighted by Gasteiger charge is -1.93. The summed E-state index contributed by atoms with van der Waals surface area (Å²) in [7, 11) is 1.31. The highest BCUT2D eigenvalue weighted by atomic mass is 16.5. The highest BCUT2D eigenvalue weighted by Crippen LogP contribution is 1.81. The first-order valence-corrected chi connectivity index (χ1v) is 3.46. The molecular formula is C8H15NO2. The fraction of sp³-hybridized carbons (Fsp3) is 0.500. The monoisotopic (exact) mass is 157 g/mol. The number of carbonyl (C=O) groups excluding carboxylic acids is 1. The van der Waals surface area contributed by atoms with E-state index in [4.69, 9.17) is 0 Å². The van der Waals surface area contributed by atoms with Crippen LogP contribution in [0.1, 0.15) is 20.8 Å². The van der Waals surface area contributed by atoms with Gasteiger partial charge in [-0.3, -0.25) is 4.99 Å². The number of carbonyl (C=O) groups is 1. The van der Waals surface area contributed by atoms with Gasteiger partial charge in [-0.05, 0) is 6.92 Å². The first-order valence-electron chi connectivity index (χ1n) is 3.46. The van der Waals surface area contributed by atoms with Crippen LogP contribution in [0.15, 0.2) is 17.8 Å².